The molecule has 4 amide bonds. The molecule has 0 aliphatic carbocycles. The van der Waals surface area contributed by atoms with Gasteiger partial charge >= 0.3 is 0 Å². The Morgan fingerprint density at radius 3 is 1.69 bits per heavy atom. The Kier molecular flexibility index (Phi) is 14.9. The van der Waals surface area contributed by atoms with Gasteiger partial charge in [-0.05, 0) is 69.7 Å². The molecule has 268 valence electrons. The minimum absolute atomic E-state index is 0.0240. The zero-order chi connectivity index (χ0) is 36.1. The second-order valence-corrected chi connectivity index (χ2v) is 14.4. The van der Waals surface area contributed by atoms with Gasteiger partial charge in [-0.15, -0.1) is 0 Å². The summed E-state index contributed by atoms with van der Waals surface area (Å²) in [6.07, 6.45) is 1.78. The minimum atomic E-state index is -1.02. The van der Waals surface area contributed by atoms with E-state index >= 15 is 0 Å². The van der Waals surface area contributed by atoms with E-state index in [9.17, 15) is 24.0 Å². The lowest BCUT2D eigenvalue weighted by atomic mass is 9.93. The number of rotatable bonds is 20. The Labute approximate surface area is 291 Å². The Morgan fingerprint density at radius 2 is 1.16 bits per heavy atom. The number of carbonyl (C=O) groups excluding carboxylic acids is 5. The van der Waals surface area contributed by atoms with Crippen LogP contribution in [-0.4, -0.2) is 91.3 Å². The second kappa shape index (κ2) is 18.6. The minimum Gasteiger partial charge on any atom is -0.361 e. The van der Waals surface area contributed by atoms with Crippen LogP contribution < -0.4 is 21.3 Å². The van der Waals surface area contributed by atoms with Crippen LogP contribution in [0.5, 0.6) is 0 Å². The standard InChI is InChI=1S/C38H55N5O6/c1-25(2)20-30(34(45)38(5)24-49-38)40-37(48)32(22-28-16-12-9-13-17-28)42-36(47)31(21-26(3)4)41-35(46)29(39-33(44)23-43(6)7)19-18-27-14-10-8-11-15-27/h8-17,25-26,29-32H,18-24H2,1-7H3,(H,39,44)(H,40,48)(H,41,46)(H,42,47)/t29-,30?,31?,32-,38?/m0/s1. The largest absolute Gasteiger partial charge is 0.361 e. The molecule has 0 aromatic heterocycles. The van der Waals surface area contributed by atoms with E-state index in [-0.39, 0.29) is 36.5 Å². The fraction of sp³-hybridized carbons (Fsp3) is 0.553. The van der Waals surface area contributed by atoms with Crippen LogP contribution in [0.2, 0.25) is 0 Å². The van der Waals surface area contributed by atoms with Crippen molar-refractivity contribution in [3.8, 4) is 0 Å². The zero-order valence-corrected chi connectivity index (χ0v) is 30.1. The summed E-state index contributed by atoms with van der Waals surface area (Å²) in [7, 11) is 3.54. The molecule has 2 aromatic carbocycles. The molecule has 0 spiro atoms. The molecule has 1 fully saturated rings. The number of hydrogen-bond donors (Lipinski definition) is 4. The van der Waals surface area contributed by atoms with Gasteiger partial charge in [-0.2, -0.15) is 0 Å². The smallest absolute Gasteiger partial charge is 0.243 e. The summed E-state index contributed by atoms with van der Waals surface area (Å²) in [6.45, 7) is 9.95. The SMILES string of the molecule is CC(C)CC(NC(=O)[C@H](CCc1ccccc1)NC(=O)CN(C)C)C(=O)N[C@@H](Cc1ccccc1)C(=O)NC(CC(C)C)C(=O)C1(C)CO1. The molecule has 1 aliphatic rings. The number of carbonyl (C=O) groups is 5. The monoisotopic (exact) mass is 677 g/mol. The first-order chi connectivity index (χ1) is 23.2. The van der Waals surface area contributed by atoms with Crippen LogP contribution in [-0.2, 0) is 41.6 Å². The summed E-state index contributed by atoms with van der Waals surface area (Å²) in [5, 5.41) is 11.5. The summed E-state index contributed by atoms with van der Waals surface area (Å²) >= 11 is 0. The van der Waals surface area contributed by atoms with Crippen molar-refractivity contribution in [2.24, 2.45) is 11.8 Å². The molecular weight excluding hydrogens is 622 g/mol. The number of nitrogens with one attached hydrogen (secondary N) is 4. The molecule has 1 aliphatic heterocycles. The molecule has 4 N–H and O–H groups in total. The molecule has 3 rings (SSSR count). The van der Waals surface area contributed by atoms with Gasteiger partial charge in [0, 0.05) is 6.42 Å². The van der Waals surface area contributed by atoms with Gasteiger partial charge in [0.25, 0.3) is 0 Å². The number of epoxide rings is 1. The predicted molar refractivity (Wildman–Crippen MR) is 189 cm³/mol. The van der Waals surface area contributed by atoms with Gasteiger partial charge < -0.3 is 30.9 Å². The highest BCUT2D eigenvalue weighted by atomic mass is 16.6. The van der Waals surface area contributed by atoms with Crippen molar-refractivity contribution >= 4 is 29.4 Å². The van der Waals surface area contributed by atoms with Crippen LogP contribution in [0.15, 0.2) is 60.7 Å². The molecule has 11 heteroatoms. The second-order valence-electron chi connectivity index (χ2n) is 14.4. The fourth-order valence-corrected chi connectivity index (χ4v) is 5.65. The van der Waals surface area contributed by atoms with Crippen molar-refractivity contribution in [3.63, 3.8) is 0 Å². The van der Waals surface area contributed by atoms with Gasteiger partial charge in [0.1, 0.15) is 23.7 Å². The molecule has 0 bridgehead atoms. The van der Waals surface area contributed by atoms with Crippen LogP contribution in [0.1, 0.15) is 65.0 Å². The first-order valence-electron chi connectivity index (χ1n) is 17.3. The quantitative estimate of drug-likeness (QED) is 0.158. The van der Waals surface area contributed by atoms with E-state index in [0.717, 1.165) is 11.1 Å². The highest BCUT2D eigenvalue weighted by Crippen LogP contribution is 2.29. The highest BCUT2D eigenvalue weighted by Gasteiger charge is 2.50. The lowest BCUT2D eigenvalue weighted by Gasteiger charge is -2.28. The van der Waals surface area contributed by atoms with Gasteiger partial charge in [0.2, 0.25) is 23.6 Å². The third kappa shape index (κ3) is 13.4. The number of amides is 4. The number of aryl methyl sites for hydroxylation is 1. The molecule has 1 saturated heterocycles. The Hall–Kier alpha value is -4.09. The van der Waals surface area contributed by atoms with Crippen molar-refractivity contribution in [2.75, 3.05) is 27.2 Å². The maximum atomic E-state index is 14.0. The van der Waals surface area contributed by atoms with Crippen LogP contribution in [0, 0.1) is 11.8 Å². The lowest BCUT2D eigenvalue weighted by molar-refractivity contribution is -0.135. The predicted octanol–water partition coefficient (Wildman–Crippen LogP) is 2.81. The maximum Gasteiger partial charge on any atom is 0.243 e. The van der Waals surface area contributed by atoms with Crippen LogP contribution in [0.4, 0.5) is 0 Å². The molecule has 3 unspecified atom stereocenters. The zero-order valence-electron chi connectivity index (χ0n) is 30.1. The Morgan fingerprint density at radius 1 is 0.694 bits per heavy atom. The van der Waals surface area contributed by atoms with E-state index in [0.29, 0.717) is 32.3 Å². The van der Waals surface area contributed by atoms with Gasteiger partial charge in [-0.25, -0.2) is 0 Å². The first-order valence-corrected chi connectivity index (χ1v) is 17.3. The summed E-state index contributed by atoms with van der Waals surface area (Å²) in [5.41, 5.74) is 0.919. The van der Waals surface area contributed by atoms with Crippen molar-refractivity contribution < 1.29 is 28.7 Å². The molecule has 1 heterocycles. The van der Waals surface area contributed by atoms with E-state index in [1.807, 2.05) is 88.4 Å². The number of likely N-dealkylation sites (N-methyl/N-ethyl adjacent to an activating group) is 1. The average molecular weight is 678 g/mol. The summed E-state index contributed by atoms with van der Waals surface area (Å²) in [4.78, 5) is 69.4. The van der Waals surface area contributed by atoms with Gasteiger partial charge in [0.15, 0.2) is 5.78 Å². The van der Waals surface area contributed by atoms with E-state index in [1.54, 1.807) is 25.9 Å². The average Bonchev–Trinajstić information content (AvgIpc) is 3.79. The van der Waals surface area contributed by atoms with Gasteiger partial charge in [0.05, 0.1) is 19.2 Å². The fourth-order valence-electron chi connectivity index (χ4n) is 5.65. The molecule has 0 radical (unpaired) electrons. The van der Waals surface area contributed by atoms with Crippen LogP contribution in [0.3, 0.4) is 0 Å². The molecule has 11 nitrogen and oxygen atoms in total. The summed E-state index contributed by atoms with van der Waals surface area (Å²) < 4.78 is 5.39. The normalized spacial score (nSPS) is 17.9. The molecule has 2 aromatic rings. The van der Waals surface area contributed by atoms with Crippen molar-refractivity contribution in [1.29, 1.82) is 0 Å². The molecule has 49 heavy (non-hydrogen) atoms. The number of Topliss-reactive ketones (excluding diaryl/α,β-unsaturated/α-hetero) is 1. The summed E-state index contributed by atoms with van der Waals surface area (Å²) in [5.74, 6) is -1.85. The number of ether oxygens (including phenoxy) is 1. The third-order valence-electron chi connectivity index (χ3n) is 8.37. The number of ketones is 1. The Bertz CT molecular complexity index is 1390. The van der Waals surface area contributed by atoms with Gasteiger partial charge in [-0.3, -0.25) is 24.0 Å². The molecule has 5 atom stereocenters. The maximum absolute atomic E-state index is 14.0. The van der Waals surface area contributed by atoms with Crippen molar-refractivity contribution in [2.45, 2.75) is 96.5 Å². The van der Waals surface area contributed by atoms with E-state index < -0.39 is 47.5 Å². The van der Waals surface area contributed by atoms with E-state index in [1.165, 1.54) is 0 Å². The number of nitrogens with zero attached hydrogens (tertiary/aromatic N) is 1. The number of hydrogen-bond acceptors (Lipinski definition) is 7. The van der Waals surface area contributed by atoms with Crippen molar-refractivity contribution in [1.82, 2.24) is 26.2 Å². The van der Waals surface area contributed by atoms with Crippen LogP contribution >= 0.6 is 0 Å². The molecule has 0 saturated carbocycles. The van der Waals surface area contributed by atoms with E-state index in [2.05, 4.69) is 21.3 Å². The Balaban J connectivity index is 1.82. The first kappa shape index (κ1) is 39.3. The van der Waals surface area contributed by atoms with E-state index in [4.69, 9.17) is 4.74 Å². The van der Waals surface area contributed by atoms with Gasteiger partial charge in [-0.1, -0.05) is 88.4 Å². The lowest BCUT2D eigenvalue weighted by Crippen LogP contribution is -2.59. The van der Waals surface area contributed by atoms with Crippen molar-refractivity contribution in [3.05, 3.63) is 71.8 Å². The third-order valence-corrected chi connectivity index (χ3v) is 8.37. The topological polar surface area (TPSA) is 149 Å². The highest BCUT2D eigenvalue weighted by molar-refractivity contribution is 5.98. The molecular formula is C38H55N5O6. The summed E-state index contributed by atoms with van der Waals surface area (Å²) in [6, 6.07) is 15.3. The number of benzene rings is 2. The van der Waals surface area contributed by atoms with Crippen LogP contribution in [0.25, 0.3) is 0 Å².